The third-order valence-electron chi connectivity index (χ3n) is 2.99. The van der Waals surface area contributed by atoms with Crippen LogP contribution in [0.4, 0.5) is 13.2 Å². The molecule has 0 amide bonds. The van der Waals surface area contributed by atoms with Crippen LogP contribution in [-0.2, 0) is 5.54 Å². The van der Waals surface area contributed by atoms with Crippen molar-refractivity contribution in [3.63, 3.8) is 0 Å². The van der Waals surface area contributed by atoms with E-state index < -0.39 is 23.7 Å². The Labute approximate surface area is 91.2 Å². The summed E-state index contributed by atoms with van der Waals surface area (Å²) in [6.07, 6.45) is -0.473. The SMILES string of the molecule is COc1cc(C)c(F)cc1C1(N)CC1(F)F. The van der Waals surface area contributed by atoms with Gasteiger partial charge < -0.3 is 10.5 Å². The van der Waals surface area contributed by atoms with E-state index in [0.29, 0.717) is 5.56 Å². The molecule has 1 atom stereocenters. The molecule has 88 valence electrons. The Balaban J connectivity index is 2.53. The molecule has 0 aliphatic heterocycles. The highest BCUT2D eigenvalue weighted by Crippen LogP contribution is 2.59. The first kappa shape index (κ1) is 11.3. The lowest BCUT2D eigenvalue weighted by Gasteiger charge is -2.16. The minimum atomic E-state index is -2.98. The second-order valence-corrected chi connectivity index (χ2v) is 4.15. The van der Waals surface area contributed by atoms with E-state index in [0.717, 1.165) is 6.07 Å². The van der Waals surface area contributed by atoms with Gasteiger partial charge >= 0.3 is 0 Å². The molecule has 1 aliphatic rings. The third-order valence-corrected chi connectivity index (χ3v) is 2.99. The Kier molecular flexibility index (Phi) is 2.21. The van der Waals surface area contributed by atoms with Crippen LogP contribution < -0.4 is 10.5 Å². The van der Waals surface area contributed by atoms with Crippen molar-refractivity contribution >= 4 is 0 Å². The maximum absolute atomic E-state index is 13.3. The van der Waals surface area contributed by atoms with Gasteiger partial charge in [0.05, 0.1) is 7.11 Å². The van der Waals surface area contributed by atoms with Crippen LogP contribution in [-0.4, -0.2) is 13.0 Å². The maximum Gasteiger partial charge on any atom is 0.272 e. The Hall–Kier alpha value is -1.23. The quantitative estimate of drug-likeness (QED) is 0.847. The van der Waals surface area contributed by atoms with Crippen molar-refractivity contribution in [3.8, 4) is 5.75 Å². The van der Waals surface area contributed by atoms with Crippen molar-refractivity contribution in [3.05, 3.63) is 29.1 Å². The van der Waals surface area contributed by atoms with Crippen LogP contribution in [0.2, 0.25) is 0 Å². The molecule has 2 nitrogen and oxygen atoms in total. The first-order valence-corrected chi connectivity index (χ1v) is 4.83. The van der Waals surface area contributed by atoms with E-state index in [1.165, 1.54) is 20.1 Å². The third kappa shape index (κ3) is 1.38. The molecule has 1 fully saturated rings. The number of rotatable bonds is 2. The smallest absolute Gasteiger partial charge is 0.272 e. The van der Waals surface area contributed by atoms with E-state index in [1.807, 2.05) is 0 Å². The number of hydrogen-bond donors (Lipinski definition) is 1. The summed E-state index contributed by atoms with van der Waals surface area (Å²) in [5, 5.41) is 0. The lowest BCUT2D eigenvalue weighted by molar-refractivity contribution is 0.0883. The number of aryl methyl sites for hydroxylation is 1. The van der Waals surface area contributed by atoms with Crippen molar-refractivity contribution in [1.29, 1.82) is 0 Å². The van der Waals surface area contributed by atoms with Crippen LogP contribution in [0.25, 0.3) is 0 Å². The first-order chi connectivity index (χ1) is 7.32. The largest absolute Gasteiger partial charge is 0.496 e. The highest BCUT2D eigenvalue weighted by atomic mass is 19.3. The van der Waals surface area contributed by atoms with Crippen molar-refractivity contribution in [2.45, 2.75) is 24.8 Å². The van der Waals surface area contributed by atoms with Crippen molar-refractivity contribution in [2.75, 3.05) is 7.11 Å². The number of nitrogens with two attached hydrogens (primary N) is 1. The zero-order valence-corrected chi connectivity index (χ0v) is 8.98. The summed E-state index contributed by atoms with van der Waals surface area (Å²) in [6.45, 7) is 1.54. The molecule has 1 aromatic rings. The zero-order valence-electron chi connectivity index (χ0n) is 8.98. The molecule has 0 radical (unpaired) electrons. The van der Waals surface area contributed by atoms with Gasteiger partial charge in [0.2, 0.25) is 0 Å². The van der Waals surface area contributed by atoms with E-state index >= 15 is 0 Å². The molecule has 1 saturated carbocycles. The molecule has 0 saturated heterocycles. The second-order valence-electron chi connectivity index (χ2n) is 4.15. The van der Waals surface area contributed by atoms with Gasteiger partial charge in [-0.15, -0.1) is 0 Å². The lowest BCUT2D eigenvalue weighted by Crippen LogP contribution is -2.28. The standard InChI is InChI=1S/C11H12F3NO/c1-6-3-9(16-2)7(4-8(6)12)10(15)5-11(10,13)14/h3-4H,5,15H2,1-2H3. The maximum atomic E-state index is 13.3. The van der Waals surface area contributed by atoms with E-state index in [2.05, 4.69) is 0 Å². The summed E-state index contributed by atoms with van der Waals surface area (Å²) in [6, 6.07) is 2.42. The highest BCUT2D eigenvalue weighted by molar-refractivity contribution is 5.48. The van der Waals surface area contributed by atoms with E-state index in [9.17, 15) is 13.2 Å². The summed E-state index contributed by atoms with van der Waals surface area (Å²) in [7, 11) is 1.35. The molecular weight excluding hydrogens is 219 g/mol. The molecule has 0 heterocycles. The van der Waals surface area contributed by atoms with Crippen molar-refractivity contribution in [1.82, 2.24) is 0 Å². The lowest BCUT2D eigenvalue weighted by atomic mass is 10.0. The van der Waals surface area contributed by atoms with Crippen LogP contribution in [0.5, 0.6) is 5.75 Å². The number of hydrogen-bond acceptors (Lipinski definition) is 2. The average molecular weight is 231 g/mol. The predicted molar refractivity (Wildman–Crippen MR) is 53.1 cm³/mol. The summed E-state index contributed by atoms with van der Waals surface area (Å²) in [4.78, 5) is 0. The molecule has 2 rings (SSSR count). The molecule has 5 heteroatoms. The zero-order chi connectivity index (χ0) is 12.1. The minimum absolute atomic E-state index is 0.0306. The van der Waals surface area contributed by atoms with Gasteiger partial charge in [-0.05, 0) is 24.6 Å². The van der Waals surface area contributed by atoms with Gasteiger partial charge in [0.1, 0.15) is 17.1 Å². The molecule has 1 aromatic carbocycles. The topological polar surface area (TPSA) is 35.2 Å². The molecule has 1 aliphatic carbocycles. The van der Waals surface area contributed by atoms with Gasteiger partial charge in [-0.3, -0.25) is 0 Å². The fraction of sp³-hybridized carbons (Fsp3) is 0.455. The molecule has 16 heavy (non-hydrogen) atoms. The van der Waals surface area contributed by atoms with Gasteiger partial charge in [-0.2, -0.15) is 0 Å². The molecule has 2 N–H and O–H groups in total. The number of halogens is 3. The van der Waals surface area contributed by atoms with Crippen LogP contribution in [0.15, 0.2) is 12.1 Å². The molecule has 0 aromatic heterocycles. The monoisotopic (exact) mass is 231 g/mol. The Bertz CT molecular complexity index is 447. The summed E-state index contributed by atoms with van der Waals surface area (Å²) < 4.78 is 44.5. The molecular formula is C11H12F3NO. The summed E-state index contributed by atoms with van der Waals surface area (Å²) in [5.41, 5.74) is 4.13. The van der Waals surface area contributed by atoms with E-state index in [4.69, 9.17) is 10.5 Å². The summed E-state index contributed by atoms with van der Waals surface area (Å²) >= 11 is 0. The molecule has 0 spiro atoms. The number of methoxy groups -OCH3 is 1. The number of alkyl halides is 2. The average Bonchev–Trinajstić information content (AvgIpc) is 2.71. The molecule has 1 unspecified atom stereocenters. The van der Waals surface area contributed by atoms with Gasteiger partial charge in [0.15, 0.2) is 0 Å². The van der Waals surface area contributed by atoms with Crippen LogP contribution >= 0.6 is 0 Å². The number of ether oxygens (including phenoxy) is 1. The van der Waals surface area contributed by atoms with Gasteiger partial charge in [0, 0.05) is 12.0 Å². The van der Waals surface area contributed by atoms with Crippen LogP contribution in [0.1, 0.15) is 17.5 Å². The van der Waals surface area contributed by atoms with Gasteiger partial charge in [-0.1, -0.05) is 0 Å². The molecule has 0 bridgehead atoms. The van der Waals surface area contributed by atoms with E-state index in [1.54, 1.807) is 0 Å². The predicted octanol–water partition coefficient (Wildman–Crippen LogP) is 2.34. The van der Waals surface area contributed by atoms with Gasteiger partial charge in [-0.25, -0.2) is 13.2 Å². The van der Waals surface area contributed by atoms with Crippen LogP contribution in [0, 0.1) is 12.7 Å². The van der Waals surface area contributed by atoms with Crippen molar-refractivity contribution in [2.24, 2.45) is 5.73 Å². The highest BCUT2D eigenvalue weighted by Gasteiger charge is 2.70. The fourth-order valence-electron chi connectivity index (χ4n) is 1.77. The fourth-order valence-corrected chi connectivity index (χ4v) is 1.77. The Morgan fingerprint density at radius 3 is 2.38 bits per heavy atom. The minimum Gasteiger partial charge on any atom is -0.496 e. The number of benzene rings is 1. The first-order valence-electron chi connectivity index (χ1n) is 4.83. The van der Waals surface area contributed by atoms with E-state index in [-0.39, 0.29) is 11.3 Å². The second kappa shape index (κ2) is 3.13. The normalized spacial score (nSPS) is 26.6. The van der Waals surface area contributed by atoms with Crippen LogP contribution in [0.3, 0.4) is 0 Å². The summed E-state index contributed by atoms with van der Waals surface area (Å²) in [5.74, 6) is -3.33. The van der Waals surface area contributed by atoms with Crippen molar-refractivity contribution < 1.29 is 17.9 Å². The Morgan fingerprint density at radius 1 is 1.38 bits per heavy atom. The van der Waals surface area contributed by atoms with Gasteiger partial charge in [0.25, 0.3) is 5.92 Å². The Morgan fingerprint density at radius 2 is 1.94 bits per heavy atom.